The summed E-state index contributed by atoms with van der Waals surface area (Å²) >= 11 is 0. The fourth-order valence-corrected chi connectivity index (χ4v) is 6.99. The Morgan fingerprint density at radius 1 is 1.09 bits per heavy atom. The highest BCUT2D eigenvalue weighted by atomic mass is 28.4. The molecule has 11 heteroatoms. The van der Waals surface area contributed by atoms with Crippen molar-refractivity contribution in [3.05, 3.63) is 54.6 Å². The van der Waals surface area contributed by atoms with Crippen LogP contribution in [0.4, 0.5) is 11.4 Å². The van der Waals surface area contributed by atoms with E-state index in [2.05, 4.69) is 60.3 Å². The SMILES string of the molecule is Cn1ncc2cc(NC(=O)c3cccc(-c4cnn(C5CCCCO5)c4)n3)c(N3CCC(CO[Si](C)(C)C(C)(C)C)CC3)cc21. The molecule has 2 aliphatic heterocycles. The molecule has 10 nitrogen and oxygen atoms in total. The number of anilines is 2. The van der Waals surface area contributed by atoms with Crippen LogP contribution in [0.2, 0.25) is 18.1 Å². The van der Waals surface area contributed by atoms with E-state index in [9.17, 15) is 4.79 Å². The van der Waals surface area contributed by atoms with Gasteiger partial charge in [0, 0.05) is 50.5 Å². The van der Waals surface area contributed by atoms with Gasteiger partial charge in [-0.3, -0.25) is 9.48 Å². The minimum Gasteiger partial charge on any atom is -0.417 e. The summed E-state index contributed by atoms with van der Waals surface area (Å²) in [6.07, 6.45) is 10.8. The zero-order valence-electron chi connectivity index (χ0n) is 27.5. The third-order valence-corrected chi connectivity index (χ3v) is 14.4. The number of ether oxygens (including phenoxy) is 1. The van der Waals surface area contributed by atoms with Crippen molar-refractivity contribution in [1.29, 1.82) is 0 Å². The summed E-state index contributed by atoms with van der Waals surface area (Å²) in [4.78, 5) is 20.8. The van der Waals surface area contributed by atoms with Gasteiger partial charge in [-0.1, -0.05) is 26.8 Å². The predicted octanol–water partition coefficient (Wildman–Crippen LogP) is 7.02. The Labute approximate surface area is 267 Å². The molecule has 1 amide bonds. The Hall–Kier alpha value is -3.54. The van der Waals surface area contributed by atoms with Gasteiger partial charge >= 0.3 is 0 Å². The molecule has 1 aromatic carbocycles. The fourth-order valence-electron chi connectivity index (χ4n) is 5.90. The van der Waals surface area contributed by atoms with Crippen molar-refractivity contribution in [2.24, 2.45) is 13.0 Å². The number of aromatic nitrogens is 5. The molecule has 240 valence electrons. The van der Waals surface area contributed by atoms with Crippen LogP contribution in [0, 0.1) is 5.92 Å². The third kappa shape index (κ3) is 6.85. The number of amides is 1. The first-order chi connectivity index (χ1) is 21.5. The first-order valence-electron chi connectivity index (χ1n) is 16.3. The molecule has 0 aliphatic carbocycles. The molecule has 1 N–H and O–H groups in total. The standard InChI is InChI=1S/C34H47N7O3Si/c1-34(2,3)45(5,6)44-23-24-13-15-40(16-14-24)31-19-30-25(20-35-39(30)4)18-29(31)38-33(42)28-11-9-10-27(37-28)26-21-36-41(22-26)32-12-7-8-17-43-32/h9-11,18-22,24,32H,7-8,12-17,23H2,1-6H3,(H,38,42). The molecule has 1 unspecified atom stereocenters. The van der Waals surface area contributed by atoms with Crippen LogP contribution < -0.4 is 10.2 Å². The van der Waals surface area contributed by atoms with Crippen LogP contribution in [-0.2, 0) is 16.2 Å². The van der Waals surface area contributed by atoms with Gasteiger partial charge in [-0.05, 0) is 80.4 Å². The number of nitrogens with zero attached hydrogens (tertiary/aromatic N) is 6. The van der Waals surface area contributed by atoms with Gasteiger partial charge in [0.15, 0.2) is 8.32 Å². The van der Waals surface area contributed by atoms with Crippen LogP contribution in [0.5, 0.6) is 0 Å². The highest BCUT2D eigenvalue weighted by Gasteiger charge is 2.38. The smallest absolute Gasteiger partial charge is 0.274 e. The van der Waals surface area contributed by atoms with Gasteiger partial charge in [-0.15, -0.1) is 0 Å². The van der Waals surface area contributed by atoms with Crippen LogP contribution >= 0.6 is 0 Å². The second-order valence-electron chi connectivity index (χ2n) is 14.1. The van der Waals surface area contributed by atoms with E-state index < -0.39 is 8.32 Å². The highest BCUT2D eigenvalue weighted by Crippen LogP contribution is 2.38. The zero-order chi connectivity index (χ0) is 31.8. The molecule has 0 saturated carbocycles. The lowest BCUT2D eigenvalue weighted by atomic mass is 9.97. The normalized spacial score (nSPS) is 18.4. The summed E-state index contributed by atoms with van der Waals surface area (Å²) in [6, 6.07) is 9.71. The number of hydrogen-bond donors (Lipinski definition) is 1. The summed E-state index contributed by atoms with van der Waals surface area (Å²) in [6.45, 7) is 14.9. The van der Waals surface area contributed by atoms with Crippen molar-refractivity contribution in [2.75, 3.05) is 36.5 Å². The zero-order valence-corrected chi connectivity index (χ0v) is 28.5. The highest BCUT2D eigenvalue weighted by molar-refractivity contribution is 6.74. The molecule has 5 heterocycles. The number of carbonyl (C=O) groups is 1. The van der Waals surface area contributed by atoms with E-state index in [1.807, 2.05) is 47.0 Å². The van der Waals surface area contributed by atoms with Gasteiger partial charge in [0.25, 0.3) is 5.91 Å². The van der Waals surface area contributed by atoms with Crippen LogP contribution in [0.15, 0.2) is 48.9 Å². The lowest BCUT2D eigenvalue weighted by molar-refractivity contribution is -0.0394. The van der Waals surface area contributed by atoms with Crippen molar-refractivity contribution in [1.82, 2.24) is 24.5 Å². The number of hydrogen-bond acceptors (Lipinski definition) is 7. The Balaban J connectivity index is 1.18. The molecule has 0 bridgehead atoms. The molecule has 3 aromatic heterocycles. The van der Waals surface area contributed by atoms with Gasteiger partial charge < -0.3 is 19.4 Å². The molecule has 45 heavy (non-hydrogen) atoms. The van der Waals surface area contributed by atoms with E-state index in [1.54, 1.807) is 12.3 Å². The maximum Gasteiger partial charge on any atom is 0.274 e. The predicted molar refractivity (Wildman–Crippen MR) is 181 cm³/mol. The second kappa shape index (κ2) is 12.7. The molecule has 2 fully saturated rings. The Kier molecular flexibility index (Phi) is 8.86. The number of carbonyl (C=O) groups excluding carboxylic acids is 1. The molecule has 0 radical (unpaired) electrons. The van der Waals surface area contributed by atoms with Gasteiger partial charge in [0.2, 0.25) is 0 Å². The Bertz CT molecular complexity index is 1640. The molecule has 2 aliphatic rings. The number of pyridine rings is 1. The summed E-state index contributed by atoms with van der Waals surface area (Å²) in [5.74, 6) is 0.289. The number of benzene rings is 1. The first kappa shape index (κ1) is 31.4. The molecule has 6 rings (SSSR count). The monoisotopic (exact) mass is 629 g/mol. The minimum absolute atomic E-state index is 0.0467. The van der Waals surface area contributed by atoms with Crippen molar-refractivity contribution < 1.29 is 14.0 Å². The summed E-state index contributed by atoms with van der Waals surface area (Å²) in [5.41, 5.74) is 4.73. The molecule has 2 saturated heterocycles. The van der Waals surface area contributed by atoms with Gasteiger partial charge in [0.05, 0.1) is 35.0 Å². The third-order valence-electron chi connectivity index (χ3n) is 9.88. The van der Waals surface area contributed by atoms with Gasteiger partial charge in [-0.2, -0.15) is 10.2 Å². The Morgan fingerprint density at radius 2 is 1.89 bits per heavy atom. The lowest BCUT2D eigenvalue weighted by Gasteiger charge is -2.39. The number of nitrogens with one attached hydrogen (secondary N) is 1. The number of piperidine rings is 1. The topological polar surface area (TPSA) is 99.3 Å². The Morgan fingerprint density at radius 3 is 2.62 bits per heavy atom. The van der Waals surface area contributed by atoms with Crippen LogP contribution in [0.25, 0.3) is 22.2 Å². The van der Waals surface area contributed by atoms with Crippen LogP contribution in [-0.4, -0.2) is 65.1 Å². The van der Waals surface area contributed by atoms with Gasteiger partial charge in [0.1, 0.15) is 11.9 Å². The van der Waals surface area contributed by atoms with Crippen molar-refractivity contribution in [2.45, 2.75) is 77.2 Å². The molecule has 1 atom stereocenters. The lowest BCUT2D eigenvalue weighted by Crippen LogP contribution is -2.43. The molecular formula is C34H47N7O3Si. The maximum atomic E-state index is 13.7. The second-order valence-corrected chi connectivity index (χ2v) is 18.9. The summed E-state index contributed by atoms with van der Waals surface area (Å²) in [5, 5.41) is 13.4. The molecule has 0 spiro atoms. The average Bonchev–Trinajstić information content (AvgIpc) is 3.67. The van der Waals surface area contributed by atoms with Gasteiger partial charge in [-0.25, -0.2) is 9.67 Å². The van der Waals surface area contributed by atoms with Crippen molar-refractivity contribution in [3.8, 4) is 11.3 Å². The van der Waals surface area contributed by atoms with E-state index >= 15 is 0 Å². The summed E-state index contributed by atoms with van der Waals surface area (Å²) in [7, 11) is 0.173. The van der Waals surface area contributed by atoms with E-state index in [0.717, 1.165) is 86.2 Å². The maximum absolute atomic E-state index is 13.7. The number of fused-ring (bicyclic) bond motifs is 1. The largest absolute Gasteiger partial charge is 0.417 e. The summed E-state index contributed by atoms with van der Waals surface area (Å²) < 4.78 is 16.2. The average molecular weight is 630 g/mol. The van der Waals surface area contributed by atoms with E-state index in [-0.39, 0.29) is 17.2 Å². The molecular weight excluding hydrogens is 583 g/mol. The van der Waals surface area contributed by atoms with Crippen molar-refractivity contribution in [3.63, 3.8) is 0 Å². The number of aryl methyl sites for hydroxylation is 1. The van der Waals surface area contributed by atoms with Crippen LogP contribution in [0.3, 0.4) is 0 Å². The van der Waals surface area contributed by atoms with Crippen molar-refractivity contribution >= 4 is 36.5 Å². The van der Waals surface area contributed by atoms with Crippen LogP contribution in [0.1, 0.15) is 69.6 Å². The van der Waals surface area contributed by atoms with E-state index in [1.165, 1.54) is 0 Å². The molecule has 4 aromatic rings. The first-order valence-corrected chi connectivity index (χ1v) is 19.2. The minimum atomic E-state index is -1.78. The number of rotatable bonds is 8. The quantitative estimate of drug-likeness (QED) is 0.209. The fraction of sp³-hybridized carbons (Fsp3) is 0.529. The van der Waals surface area contributed by atoms with E-state index in [0.29, 0.717) is 17.3 Å². The van der Waals surface area contributed by atoms with E-state index in [4.69, 9.17) is 14.1 Å².